The lowest BCUT2D eigenvalue weighted by Crippen LogP contribution is -2.41. The fraction of sp³-hybridized carbons (Fsp3) is 0.684. The molecule has 3 rings (SSSR count). The van der Waals surface area contributed by atoms with Gasteiger partial charge in [0.2, 0.25) is 0 Å². The number of rotatable bonds is 3. The van der Waals surface area contributed by atoms with Crippen molar-refractivity contribution in [1.82, 2.24) is 19.6 Å². The van der Waals surface area contributed by atoms with Crippen molar-refractivity contribution in [2.24, 2.45) is 0 Å². The van der Waals surface area contributed by atoms with E-state index < -0.39 is 0 Å². The third-order valence-corrected chi connectivity index (χ3v) is 5.50. The first-order valence-electron chi connectivity index (χ1n) is 9.41. The van der Waals surface area contributed by atoms with Gasteiger partial charge in [-0.15, -0.1) is 0 Å². The Balaban J connectivity index is 1.65. The molecule has 2 bridgehead atoms. The van der Waals surface area contributed by atoms with Gasteiger partial charge in [0.1, 0.15) is 5.75 Å². The van der Waals surface area contributed by atoms with E-state index in [9.17, 15) is 5.11 Å². The van der Waals surface area contributed by atoms with Crippen molar-refractivity contribution in [3.05, 3.63) is 29.8 Å². The maximum absolute atomic E-state index is 10.1. The predicted molar refractivity (Wildman–Crippen MR) is 98.4 cm³/mol. The van der Waals surface area contributed by atoms with Gasteiger partial charge in [-0.2, -0.15) is 0 Å². The Morgan fingerprint density at radius 1 is 0.750 bits per heavy atom. The lowest BCUT2D eigenvalue weighted by atomic mass is 10.2. The van der Waals surface area contributed by atoms with Crippen LogP contribution in [-0.4, -0.2) is 96.7 Å². The number of likely N-dealkylation sites (N-methyl/N-ethyl adjacent to an activating group) is 1. The van der Waals surface area contributed by atoms with E-state index in [0.29, 0.717) is 5.75 Å². The lowest BCUT2D eigenvalue weighted by Gasteiger charge is -2.29. The summed E-state index contributed by atoms with van der Waals surface area (Å²) in [7, 11) is 0. The van der Waals surface area contributed by atoms with Crippen molar-refractivity contribution in [2.45, 2.75) is 13.5 Å². The fourth-order valence-corrected chi connectivity index (χ4v) is 3.67. The van der Waals surface area contributed by atoms with Crippen LogP contribution < -0.4 is 0 Å². The average molecular weight is 332 g/mol. The maximum Gasteiger partial charge on any atom is 0.120 e. The Hall–Kier alpha value is -1.14. The highest BCUT2D eigenvalue weighted by atomic mass is 16.3. The second-order valence-corrected chi connectivity index (χ2v) is 7.02. The van der Waals surface area contributed by atoms with Gasteiger partial charge < -0.3 is 10.0 Å². The normalized spacial score (nSPS) is 27.5. The zero-order valence-corrected chi connectivity index (χ0v) is 15.0. The van der Waals surface area contributed by atoms with Crippen LogP contribution in [0.2, 0.25) is 0 Å². The summed E-state index contributed by atoms with van der Waals surface area (Å²) in [5, 5.41) is 10.1. The van der Waals surface area contributed by atoms with E-state index in [4.69, 9.17) is 0 Å². The second-order valence-electron chi connectivity index (χ2n) is 7.02. The Bertz CT molecular complexity index is 490. The minimum Gasteiger partial charge on any atom is -0.508 e. The number of phenolic OH excluding ortho intramolecular Hbond substituents is 1. The lowest BCUT2D eigenvalue weighted by molar-refractivity contribution is 0.174. The SMILES string of the molecule is CCN1CCN2CCN(CC1)CCN(Cc1ccccc1O)CC2. The van der Waals surface area contributed by atoms with Gasteiger partial charge in [0.05, 0.1) is 0 Å². The molecule has 1 aromatic rings. The number of benzene rings is 1. The van der Waals surface area contributed by atoms with Gasteiger partial charge in [0, 0.05) is 77.6 Å². The van der Waals surface area contributed by atoms with Crippen LogP contribution in [0, 0.1) is 0 Å². The van der Waals surface area contributed by atoms with E-state index in [1.165, 1.54) is 39.3 Å². The van der Waals surface area contributed by atoms with Gasteiger partial charge in [-0.3, -0.25) is 14.7 Å². The zero-order valence-electron chi connectivity index (χ0n) is 15.0. The number of aromatic hydroxyl groups is 1. The summed E-state index contributed by atoms with van der Waals surface area (Å²) < 4.78 is 0. The van der Waals surface area contributed by atoms with Gasteiger partial charge in [0.15, 0.2) is 0 Å². The maximum atomic E-state index is 10.1. The molecule has 2 heterocycles. The van der Waals surface area contributed by atoms with Crippen molar-refractivity contribution in [2.75, 3.05) is 72.0 Å². The molecule has 24 heavy (non-hydrogen) atoms. The topological polar surface area (TPSA) is 33.2 Å². The Morgan fingerprint density at radius 3 is 1.79 bits per heavy atom. The first-order valence-corrected chi connectivity index (χ1v) is 9.41. The van der Waals surface area contributed by atoms with E-state index >= 15 is 0 Å². The first-order chi connectivity index (χ1) is 11.7. The zero-order chi connectivity index (χ0) is 16.8. The predicted octanol–water partition coefficient (Wildman–Crippen LogP) is 1.15. The standard InChI is InChI=1S/C19H32N4O/c1-2-20-7-9-21-11-12-22(10-8-20)14-16-23(15-13-21)17-18-5-3-4-6-19(18)24/h3-6,24H,2,7-17H2,1H3. The largest absolute Gasteiger partial charge is 0.508 e. The Labute approximate surface area is 146 Å². The molecule has 5 nitrogen and oxygen atoms in total. The van der Waals surface area contributed by atoms with E-state index in [0.717, 1.165) is 44.8 Å². The molecule has 0 spiro atoms. The van der Waals surface area contributed by atoms with Gasteiger partial charge in [-0.05, 0) is 12.6 Å². The molecule has 0 aromatic heterocycles. The molecular formula is C19H32N4O. The minimum absolute atomic E-state index is 0.422. The first kappa shape index (κ1) is 17.7. The van der Waals surface area contributed by atoms with Crippen LogP contribution in [0.3, 0.4) is 0 Å². The molecule has 2 atom stereocenters. The van der Waals surface area contributed by atoms with Crippen LogP contribution in [0.15, 0.2) is 24.3 Å². The molecule has 2 aliphatic rings. The number of hydrogen-bond donors (Lipinski definition) is 1. The molecule has 2 aliphatic heterocycles. The molecule has 1 N–H and O–H groups in total. The van der Waals surface area contributed by atoms with Gasteiger partial charge in [-0.1, -0.05) is 25.1 Å². The summed E-state index contributed by atoms with van der Waals surface area (Å²) in [6.07, 6.45) is 0. The van der Waals surface area contributed by atoms with Crippen molar-refractivity contribution in [3.8, 4) is 5.75 Å². The molecule has 1 aromatic carbocycles. The number of fused-ring (bicyclic) bond motifs is 3. The summed E-state index contributed by atoms with van der Waals surface area (Å²) in [6, 6.07) is 7.75. The van der Waals surface area contributed by atoms with E-state index in [-0.39, 0.29) is 0 Å². The number of phenols is 1. The molecule has 0 saturated carbocycles. The third-order valence-electron chi connectivity index (χ3n) is 5.50. The Morgan fingerprint density at radius 2 is 1.25 bits per heavy atom. The van der Waals surface area contributed by atoms with Crippen LogP contribution in [0.1, 0.15) is 12.5 Å². The van der Waals surface area contributed by atoms with Crippen molar-refractivity contribution in [1.29, 1.82) is 0 Å². The van der Waals surface area contributed by atoms with Crippen LogP contribution in [0.25, 0.3) is 0 Å². The van der Waals surface area contributed by atoms with Crippen molar-refractivity contribution >= 4 is 0 Å². The van der Waals surface area contributed by atoms with E-state index in [1.54, 1.807) is 6.07 Å². The number of nitrogens with zero attached hydrogens (tertiary/aromatic N) is 4. The van der Waals surface area contributed by atoms with Gasteiger partial charge in [-0.25, -0.2) is 0 Å². The fourth-order valence-electron chi connectivity index (χ4n) is 3.67. The molecule has 0 amide bonds. The van der Waals surface area contributed by atoms with Gasteiger partial charge >= 0.3 is 0 Å². The van der Waals surface area contributed by atoms with E-state index in [2.05, 4.69) is 26.5 Å². The molecule has 2 unspecified atom stereocenters. The molecule has 5 heteroatoms. The number of hydrogen-bond acceptors (Lipinski definition) is 5. The highest BCUT2D eigenvalue weighted by molar-refractivity contribution is 5.31. The minimum atomic E-state index is 0.422. The molecule has 0 aliphatic carbocycles. The van der Waals surface area contributed by atoms with Crippen LogP contribution in [0.4, 0.5) is 0 Å². The smallest absolute Gasteiger partial charge is 0.120 e. The molecule has 2 fully saturated rings. The summed E-state index contributed by atoms with van der Waals surface area (Å²) in [5.74, 6) is 0.422. The summed E-state index contributed by atoms with van der Waals surface area (Å²) >= 11 is 0. The van der Waals surface area contributed by atoms with Crippen molar-refractivity contribution < 1.29 is 5.11 Å². The van der Waals surface area contributed by atoms with Gasteiger partial charge in [0.25, 0.3) is 0 Å². The van der Waals surface area contributed by atoms with Crippen LogP contribution in [0.5, 0.6) is 5.75 Å². The summed E-state index contributed by atoms with van der Waals surface area (Å²) in [6.45, 7) is 15.7. The summed E-state index contributed by atoms with van der Waals surface area (Å²) in [4.78, 5) is 10.3. The van der Waals surface area contributed by atoms with Crippen LogP contribution >= 0.6 is 0 Å². The number of para-hydroxylation sites is 1. The third kappa shape index (κ3) is 4.93. The highest BCUT2D eigenvalue weighted by Crippen LogP contribution is 2.18. The Kier molecular flexibility index (Phi) is 6.49. The van der Waals surface area contributed by atoms with E-state index in [1.807, 2.05) is 18.2 Å². The molecular weight excluding hydrogens is 300 g/mol. The molecule has 2 saturated heterocycles. The highest BCUT2D eigenvalue weighted by Gasteiger charge is 2.20. The van der Waals surface area contributed by atoms with Crippen LogP contribution in [-0.2, 0) is 6.54 Å². The summed E-state index contributed by atoms with van der Waals surface area (Å²) in [5.41, 5.74) is 1.04. The van der Waals surface area contributed by atoms with Crippen molar-refractivity contribution in [3.63, 3.8) is 0 Å². The second kappa shape index (κ2) is 8.81. The molecule has 134 valence electrons. The monoisotopic (exact) mass is 332 g/mol. The quantitative estimate of drug-likeness (QED) is 0.898. The molecule has 0 radical (unpaired) electrons. The average Bonchev–Trinajstić information content (AvgIpc) is 2.75.